The predicted octanol–water partition coefficient (Wildman–Crippen LogP) is 3.07. The summed E-state index contributed by atoms with van der Waals surface area (Å²) in [5.41, 5.74) is 1.09. The molecule has 2 rings (SSSR count). The number of halogens is 1. The van der Waals surface area contributed by atoms with Crippen LogP contribution in [0, 0.1) is 0 Å². The highest BCUT2D eigenvalue weighted by atomic mass is 35.5. The number of rotatable bonds is 3. The van der Waals surface area contributed by atoms with E-state index < -0.39 is 0 Å². The monoisotopic (exact) mass is 226 g/mol. The molecular weight excluding hydrogens is 212 g/mol. The maximum Gasteiger partial charge on any atom is 0.122 e. The first-order valence-corrected chi connectivity index (χ1v) is 5.47. The van der Waals surface area contributed by atoms with Crippen molar-refractivity contribution in [2.24, 2.45) is 0 Å². The van der Waals surface area contributed by atoms with Gasteiger partial charge in [-0.25, -0.2) is 0 Å². The Balaban J connectivity index is 2.21. The predicted molar refractivity (Wildman–Crippen MR) is 60.7 cm³/mol. The molecular formula is C12H15ClO2. The van der Waals surface area contributed by atoms with Crippen LogP contribution in [0.3, 0.4) is 0 Å². The Morgan fingerprint density at radius 2 is 2.27 bits per heavy atom. The van der Waals surface area contributed by atoms with Gasteiger partial charge in [-0.05, 0) is 37.1 Å². The summed E-state index contributed by atoms with van der Waals surface area (Å²) >= 11 is 5.97. The zero-order valence-corrected chi connectivity index (χ0v) is 9.80. The van der Waals surface area contributed by atoms with Gasteiger partial charge in [0.15, 0.2) is 0 Å². The van der Waals surface area contributed by atoms with Gasteiger partial charge in [-0.15, -0.1) is 0 Å². The van der Waals surface area contributed by atoms with E-state index in [1.54, 1.807) is 7.11 Å². The van der Waals surface area contributed by atoms with Crippen LogP contribution in [0.4, 0.5) is 0 Å². The summed E-state index contributed by atoms with van der Waals surface area (Å²) in [7, 11) is 1.68. The topological polar surface area (TPSA) is 18.5 Å². The van der Waals surface area contributed by atoms with E-state index in [0.29, 0.717) is 0 Å². The second kappa shape index (κ2) is 4.03. The van der Waals surface area contributed by atoms with E-state index >= 15 is 0 Å². The van der Waals surface area contributed by atoms with Crippen LogP contribution in [0.1, 0.15) is 18.9 Å². The van der Waals surface area contributed by atoms with Crippen LogP contribution in [0.15, 0.2) is 18.2 Å². The van der Waals surface area contributed by atoms with Gasteiger partial charge in [0, 0.05) is 11.4 Å². The summed E-state index contributed by atoms with van der Waals surface area (Å²) in [5, 5.41) is 0.744. The van der Waals surface area contributed by atoms with E-state index in [9.17, 15) is 0 Å². The summed E-state index contributed by atoms with van der Waals surface area (Å²) in [6.07, 6.45) is 1.96. The minimum absolute atomic E-state index is 0.0298. The highest BCUT2D eigenvalue weighted by Gasteiger charge is 2.33. The lowest BCUT2D eigenvalue weighted by Gasteiger charge is -2.39. The smallest absolute Gasteiger partial charge is 0.122 e. The fourth-order valence-electron chi connectivity index (χ4n) is 1.88. The van der Waals surface area contributed by atoms with E-state index in [1.807, 2.05) is 18.2 Å². The summed E-state index contributed by atoms with van der Waals surface area (Å²) in [5.74, 6) is 0.885. The molecule has 0 spiro atoms. The van der Waals surface area contributed by atoms with Gasteiger partial charge < -0.3 is 9.47 Å². The van der Waals surface area contributed by atoms with E-state index in [-0.39, 0.29) is 5.60 Å². The van der Waals surface area contributed by atoms with Crippen molar-refractivity contribution in [3.05, 3.63) is 28.8 Å². The fourth-order valence-corrected chi connectivity index (χ4v) is 2.07. The van der Waals surface area contributed by atoms with Crippen LogP contribution in [0.5, 0.6) is 5.75 Å². The molecule has 1 unspecified atom stereocenters. The standard InChI is InChI=1S/C12H15ClO2/c1-12(5-6-15-12)8-9-7-10(13)3-4-11(9)14-2/h3-4,7H,5-6,8H2,1-2H3. The van der Waals surface area contributed by atoms with E-state index in [0.717, 1.165) is 35.8 Å². The molecule has 1 atom stereocenters. The first-order chi connectivity index (χ1) is 7.13. The molecule has 0 aromatic heterocycles. The average Bonchev–Trinajstić information content (AvgIpc) is 2.16. The minimum atomic E-state index is -0.0298. The molecule has 0 saturated carbocycles. The molecule has 3 heteroatoms. The van der Waals surface area contributed by atoms with E-state index in [2.05, 4.69) is 6.92 Å². The Morgan fingerprint density at radius 3 is 2.80 bits per heavy atom. The van der Waals surface area contributed by atoms with Crippen LogP contribution in [0.25, 0.3) is 0 Å². The normalized spacial score (nSPS) is 24.7. The van der Waals surface area contributed by atoms with E-state index in [1.165, 1.54) is 0 Å². The lowest BCUT2D eigenvalue weighted by molar-refractivity contribution is -0.133. The Labute approximate surface area is 95.1 Å². The maximum atomic E-state index is 5.97. The second-order valence-corrected chi connectivity index (χ2v) is 4.62. The first-order valence-electron chi connectivity index (χ1n) is 5.09. The van der Waals surface area contributed by atoms with Gasteiger partial charge in [0.2, 0.25) is 0 Å². The maximum absolute atomic E-state index is 5.97. The second-order valence-electron chi connectivity index (χ2n) is 4.18. The molecule has 0 aliphatic carbocycles. The van der Waals surface area contributed by atoms with Crippen LogP contribution >= 0.6 is 11.6 Å². The number of ether oxygens (including phenoxy) is 2. The van der Waals surface area contributed by atoms with Gasteiger partial charge in [0.25, 0.3) is 0 Å². The van der Waals surface area contributed by atoms with Crippen LogP contribution in [-0.2, 0) is 11.2 Å². The Morgan fingerprint density at radius 1 is 1.53 bits per heavy atom. The van der Waals surface area contributed by atoms with Gasteiger partial charge in [-0.1, -0.05) is 11.6 Å². The molecule has 0 radical (unpaired) electrons. The highest BCUT2D eigenvalue weighted by molar-refractivity contribution is 6.30. The van der Waals surface area contributed by atoms with Crippen LogP contribution in [-0.4, -0.2) is 19.3 Å². The van der Waals surface area contributed by atoms with Crippen LogP contribution in [0.2, 0.25) is 5.02 Å². The molecule has 1 saturated heterocycles. The van der Waals surface area contributed by atoms with Crippen molar-refractivity contribution in [2.75, 3.05) is 13.7 Å². The highest BCUT2D eigenvalue weighted by Crippen LogP contribution is 2.33. The molecule has 0 bridgehead atoms. The third-order valence-electron chi connectivity index (χ3n) is 2.89. The zero-order valence-electron chi connectivity index (χ0n) is 9.05. The molecule has 1 aliphatic heterocycles. The molecule has 2 nitrogen and oxygen atoms in total. The largest absolute Gasteiger partial charge is 0.496 e. The molecule has 1 heterocycles. The number of hydrogen-bond acceptors (Lipinski definition) is 2. The molecule has 1 fully saturated rings. The lowest BCUT2D eigenvalue weighted by Crippen LogP contribution is -2.42. The average molecular weight is 227 g/mol. The quantitative estimate of drug-likeness (QED) is 0.789. The lowest BCUT2D eigenvalue weighted by atomic mass is 9.89. The molecule has 0 amide bonds. The number of benzene rings is 1. The third kappa shape index (κ3) is 2.27. The third-order valence-corrected chi connectivity index (χ3v) is 3.12. The van der Waals surface area contributed by atoms with Gasteiger partial charge in [-0.2, -0.15) is 0 Å². The first kappa shape index (κ1) is 10.8. The SMILES string of the molecule is COc1ccc(Cl)cc1CC1(C)CCO1. The summed E-state index contributed by atoms with van der Waals surface area (Å²) in [4.78, 5) is 0. The molecule has 1 aromatic rings. The van der Waals surface area contributed by atoms with Crippen LogP contribution < -0.4 is 4.74 Å². The Kier molecular flexibility index (Phi) is 2.89. The van der Waals surface area contributed by atoms with Crippen molar-refractivity contribution < 1.29 is 9.47 Å². The molecule has 0 N–H and O–H groups in total. The summed E-state index contributed by atoms with van der Waals surface area (Å²) in [6, 6.07) is 5.70. The molecule has 1 aliphatic rings. The van der Waals surface area contributed by atoms with Gasteiger partial charge >= 0.3 is 0 Å². The van der Waals surface area contributed by atoms with Crippen molar-refractivity contribution in [1.82, 2.24) is 0 Å². The molecule has 1 aromatic carbocycles. The van der Waals surface area contributed by atoms with E-state index in [4.69, 9.17) is 21.1 Å². The molecule has 15 heavy (non-hydrogen) atoms. The van der Waals surface area contributed by atoms with Gasteiger partial charge in [0.1, 0.15) is 5.75 Å². The van der Waals surface area contributed by atoms with Crippen molar-refractivity contribution in [3.8, 4) is 5.75 Å². The Bertz CT molecular complexity index is 359. The minimum Gasteiger partial charge on any atom is -0.496 e. The van der Waals surface area contributed by atoms with Gasteiger partial charge in [0.05, 0.1) is 19.3 Å². The van der Waals surface area contributed by atoms with Crippen molar-refractivity contribution in [3.63, 3.8) is 0 Å². The number of hydrogen-bond donors (Lipinski definition) is 0. The Hall–Kier alpha value is -0.730. The zero-order chi connectivity index (χ0) is 10.9. The number of methoxy groups -OCH3 is 1. The fraction of sp³-hybridized carbons (Fsp3) is 0.500. The van der Waals surface area contributed by atoms with Crippen molar-refractivity contribution >= 4 is 11.6 Å². The van der Waals surface area contributed by atoms with Crippen molar-refractivity contribution in [1.29, 1.82) is 0 Å². The summed E-state index contributed by atoms with van der Waals surface area (Å²) < 4.78 is 10.9. The summed E-state index contributed by atoms with van der Waals surface area (Å²) in [6.45, 7) is 2.98. The van der Waals surface area contributed by atoms with Crippen molar-refractivity contribution in [2.45, 2.75) is 25.4 Å². The molecule has 82 valence electrons. The van der Waals surface area contributed by atoms with Gasteiger partial charge in [-0.3, -0.25) is 0 Å².